The fourth-order valence-corrected chi connectivity index (χ4v) is 5.73. The highest BCUT2D eigenvalue weighted by Crippen LogP contribution is 2.33. The number of thiophene rings is 1. The lowest BCUT2D eigenvalue weighted by Gasteiger charge is -2.22. The molecule has 0 aliphatic heterocycles. The molecule has 0 saturated heterocycles. The van der Waals surface area contributed by atoms with E-state index in [-0.39, 0.29) is 6.04 Å². The number of nitrogens with zero attached hydrogens (tertiary/aromatic N) is 1. The summed E-state index contributed by atoms with van der Waals surface area (Å²) in [7, 11) is -1.78. The highest BCUT2D eigenvalue weighted by Gasteiger charge is 2.28. The van der Waals surface area contributed by atoms with Crippen molar-refractivity contribution in [2.45, 2.75) is 51.1 Å². The van der Waals surface area contributed by atoms with E-state index >= 15 is 0 Å². The lowest BCUT2D eigenvalue weighted by atomic mass is 10.3. The first-order valence-corrected chi connectivity index (χ1v) is 9.86. The molecule has 1 aromatic rings. The van der Waals surface area contributed by atoms with Gasteiger partial charge in [0.05, 0.1) is 3.79 Å². The zero-order valence-electron chi connectivity index (χ0n) is 12.4. The van der Waals surface area contributed by atoms with Crippen molar-refractivity contribution in [2.24, 2.45) is 0 Å². The zero-order valence-corrected chi connectivity index (χ0v) is 15.7. The van der Waals surface area contributed by atoms with Gasteiger partial charge >= 0.3 is 0 Å². The lowest BCUT2D eigenvalue weighted by Crippen LogP contribution is -2.34. The lowest BCUT2D eigenvalue weighted by molar-refractivity contribution is 0.380. The van der Waals surface area contributed by atoms with Gasteiger partial charge in [-0.2, -0.15) is 4.31 Å². The maximum atomic E-state index is 12.6. The topological polar surface area (TPSA) is 49.4 Å². The Bertz CT molecular complexity index is 528. The highest BCUT2D eigenvalue weighted by molar-refractivity contribution is 9.11. The van der Waals surface area contributed by atoms with Gasteiger partial charge < -0.3 is 5.32 Å². The van der Waals surface area contributed by atoms with E-state index < -0.39 is 10.0 Å². The third-order valence-electron chi connectivity index (χ3n) is 3.30. The molecule has 0 aromatic carbocycles. The Morgan fingerprint density at radius 3 is 2.65 bits per heavy atom. The minimum atomic E-state index is -3.42. The Hall–Kier alpha value is 0.0500. The van der Waals surface area contributed by atoms with Crippen molar-refractivity contribution in [3.8, 4) is 0 Å². The van der Waals surface area contributed by atoms with Gasteiger partial charge in [-0.25, -0.2) is 8.42 Å². The molecule has 0 radical (unpaired) electrons. The summed E-state index contributed by atoms with van der Waals surface area (Å²) in [6.45, 7) is 7.65. The molecule has 1 N–H and O–H groups in total. The summed E-state index contributed by atoms with van der Waals surface area (Å²) in [5, 5.41) is 3.29. The van der Waals surface area contributed by atoms with E-state index in [1.54, 1.807) is 13.1 Å². The summed E-state index contributed by atoms with van der Waals surface area (Å²) >= 11 is 4.86. The first kappa shape index (κ1) is 18.1. The smallest absolute Gasteiger partial charge is 0.245 e. The molecule has 1 aromatic heterocycles. The van der Waals surface area contributed by atoms with E-state index in [1.807, 2.05) is 13.8 Å². The van der Waals surface area contributed by atoms with Gasteiger partial charge in [-0.1, -0.05) is 13.8 Å². The second-order valence-electron chi connectivity index (χ2n) is 4.81. The predicted molar refractivity (Wildman–Crippen MR) is 88.7 cm³/mol. The molecule has 116 valence electrons. The number of sulfonamides is 1. The third kappa shape index (κ3) is 4.27. The summed E-state index contributed by atoms with van der Waals surface area (Å²) < 4.78 is 27.3. The quantitative estimate of drug-likeness (QED) is 0.700. The monoisotopic (exact) mass is 382 g/mol. The molecule has 0 amide bonds. The SMILES string of the molecule is CCCNCc1cc(S(=O)(=O)N(C)C(C)CC)c(Br)s1. The van der Waals surface area contributed by atoms with Gasteiger partial charge in [-0.05, 0) is 48.3 Å². The Morgan fingerprint density at radius 2 is 2.10 bits per heavy atom. The molecule has 0 fully saturated rings. The summed E-state index contributed by atoms with van der Waals surface area (Å²) in [5.74, 6) is 0. The minimum absolute atomic E-state index is 0.00605. The van der Waals surface area contributed by atoms with Crippen LogP contribution >= 0.6 is 27.3 Å². The van der Waals surface area contributed by atoms with Crippen LogP contribution in [0.5, 0.6) is 0 Å². The molecule has 7 heteroatoms. The van der Waals surface area contributed by atoms with Crippen molar-refractivity contribution in [1.82, 2.24) is 9.62 Å². The van der Waals surface area contributed by atoms with Crippen molar-refractivity contribution in [1.29, 1.82) is 0 Å². The first-order chi connectivity index (χ1) is 9.34. The third-order valence-corrected chi connectivity index (χ3v) is 7.52. The fourth-order valence-electron chi connectivity index (χ4n) is 1.70. The normalized spacial score (nSPS) is 13.9. The van der Waals surface area contributed by atoms with Gasteiger partial charge in [0.15, 0.2) is 0 Å². The average molecular weight is 383 g/mol. The molecule has 0 aliphatic rings. The molecule has 1 unspecified atom stereocenters. The van der Waals surface area contributed by atoms with Gasteiger partial charge in [-0.15, -0.1) is 11.3 Å². The molecule has 1 atom stereocenters. The van der Waals surface area contributed by atoms with E-state index in [0.717, 1.165) is 24.3 Å². The van der Waals surface area contributed by atoms with Crippen LogP contribution in [0, 0.1) is 0 Å². The fraction of sp³-hybridized carbons (Fsp3) is 0.692. The highest BCUT2D eigenvalue weighted by atomic mass is 79.9. The number of halogens is 1. The van der Waals surface area contributed by atoms with Crippen LogP contribution in [0.25, 0.3) is 0 Å². The molecule has 0 aliphatic carbocycles. The van der Waals surface area contributed by atoms with Gasteiger partial charge in [-0.3, -0.25) is 0 Å². The molecule has 0 saturated carbocycles. The average Bonchev–Trinajstić information content (AvgIpc) is 2.79. The Balaban J connectivity index is 2.95. The minimum Gasteiger partial charge on any atom is -0.312 e. The van der Waals surface area contributed by atoms with Crippen molar-refractivity contribution >= 4 is 37.3 Å². The van der Waals surface area contributed by atoms with Crippen LogP contribution < -0.4 is 5.32 Å². The molecule has 1 rings (SSSR count). The van der Waals surface area contributed by atoms with Crippen molar-refractivity contribution in [3.63, 3.8) is 0 Å². The molecule has 0 bridgehead atoms. The van der Waals surface area contributed by atoms with Gasteiger partial charge in [0.25, 0.3) is 0 Å². The van der Waals surface area contributed by atoms with Gasteiger partial charge in [0.1, 0.15) is 4.90 Å². The van der Waals surface area contributed by atoms with Crippen molar-refractivity contribution in [3.05, 3.63) is 14.7 Å². The van der Waals surface area contributed by atoms with E-state index in [0.29, 0.717) is 15.2 Å². The predicted octanol–water partition coefficient (Wildman–Crippen LogP) is 3.43. The van der Waals surface area contributed by atoms with Gasteiger partial charge in [0, 0.05) is 24.5 Å². The molecular weight excluding hydrogens is 360 g/mol. The Kier molecular flexibility index (Phi) is 7.14. The summed E-state index contributed by atoms with van der Waals surface area (Å²) in [6.07, 6.45) is 1.86. The molecular formula is C13H23BrN2O2S2. The summed E-state index contributed by atoms with van der Waals surface area (Å²) in [6, 6.07) is 1.76. The Morgan fingerprint density at radius 1 is 1.45 bits per heavy atom. The van der Waals surface area contributed by atoms with E-state index in [9.17, 15) is 8.42 Å². The van der Waals surface area contributed by atoms with E-state index in [4.69, 9.17) is 0 Å². The molecule has 1 heterocycles. The largest absolute Gasteiger partial charge is 0.312 e. The maximum absolute atomic E-state index is 12.6. The Labute approximate surface area is 134 Å². The van der Waals surface area contributed by atoms with Crippen LogP contribution in [0.2, 0.25) is 0 Å². The van der Waals surface area contributed by atoms with Crippen LogP contribution in [0.15, 0.2) is 14.7 Å². The van der Waals surface area contributed by atoms with E-state index in [2.05, 4.69) is 28.2 Å². The standard InChI is InChI=1S/C13H23BrN2O2S2/c1-5-7-15-9-11-8-12(13(14)19-11)20(17,18)16(4)10(3)6-2/h8,10,15H,5-7,9H2,1-4H3. The van der Waals surface area contributed by atoms with Crippen LogP contribution in [-0.4, -0.2) is 32.4 Å². The van der Waals surface area contributed by atoms with Crippen LogP contribution in [0.3, 0.4) is 0 Å². The van der Waals surface area contributed by atoms with E-state index in [1.165, 1.54) is 15.6 Å². The second-order valence-corrected chi connectivity index (χ2v) is 9.23. The van der Waals surface area contributed by atoms with Crippen molar-refractivity contribution < 1.29 is 8.42 Å². The number of hydrogen-bond acceptors (Lipinski definition) is 4. The number of nitrogens with one attached hydrogen (secondary N) is 1. The summed E-state index contributed by atoms with van der Waals surface area (Å²) in [5.41, 5.74) is 0. The van der Waals surface area contributed by atoms with Crippen LogP contribution in [0.1, 0.15) is 38.5 Å². The summed E-state index contributed by atoms with van der Waals surface area (Å²) in [4.78, 5) is 1.40. The van der Waals surface area contributed by atoms with Crippen molar-refractivity contribution in [2.75, 3.05) is 13.6 Å². The van der Waals surface area contributed by atoms with Gasteiger partial charge in [0.2, 0.25) is 10.0 Å². The number of rotatable bonds is 8. The second kappa shape index (κ2) is 7.89. The van der Waals surface area contributed by atoms with Crippen LogP contribution in [-0.2, 0) is 16.6 Å². The van der Waals surface area contributed by atoms with Crippen LogP contribution in [0.4, 0.5) is 0 Å². The molecule has 20 heavy (non-hydrogen) atoms. The maximum Gasteiger partial charge on any atom is 0.245 e. The number of hydrogen-bond donors (Lipinski definition) is 1. The first-order valence-electron chi connectivity index (χ1n) is 6.81. The molecule has 0 spiro atoms. The zero-order chi connectivity index (χ0) is 15.3. The molecule has 4 nitrogen and oxygen atoms in total.